The third kappa shape index (κ3) is 71.8. The summed E-state index contributed by atoms with van der Waals surface area (Å²) >= 11 is 0. The fraction of sp³-hybridized carbons (Fsp3) is 0.691. The number of quaternary nitrogens is 1. The van der Waals surface area contributed by atoms with Crippen LogP contribution in [0.2, 0.25) is 0 Å². The number of carbonyl (C=O) groups is 1. The number of allylic oxidation sites excluding steroid dienone is 23. The zero-order valence-corrected chi connectivity index (χ0v) is 59.9. The summed E-state index contributed by atoms with van der Waals surface area (Å²) in [5.41, 5.74) is 0. The molecule has 0 aliphatic rings. The maximum absolute atomic E-state index is 13.1. The molecule has 0 aromatic rings. The van der Waals surface area contributed by atoms with Gasteiger partial charge in [-0.1, -0.05) is 333 Å². The van der Waals surface area contributed by atoms with Gasteiger partial charge in [0.25, 0.3) is 7.82 Å². The number of phosphoric acid groups is 1. The number of likely N-dealkylation sites (N-methyl/N-ethyl adjacent to an activating group) is 1. The predicted molar refractivity (Wildman–Crippen MR) is 394 cm³/mol. The minimum atomic E-state index is -4.63. The van der Waals surface area contributed by atoms with Gasteiger partial charge >= 0.3 is 0 Å². The van der Waals surface area contributed by atoms with E-state index >= 15 is 0 Å². The van der Waals surface area contributed by atoms with Crippen LogP contribution in [0.3, 0.4) is 0 Å². The number of aliphatic hydroxyl groups is 1. The average molecular weight is 1270 g/mol. The van der Waals surface area contributed by atoms with Crippen molar-refractivity contribution in [1.82, 2.24) is 5.32 Å². The summed E-state index contributed by atoms with van der Waals surface area (Å²) in [4.78, 5) is 25.7. The lowest BCUT2D eigenvalue weighted by Crippen LogP contribution is -2.45. The number of nitrogens with one attached hydrogen (secondary N) is 1. The zero-order valence-electron chi connectivity index (χ0n) is 59.0. The molecular weight excluding hydrogens is 1130 g/mol. The highest BCUT2D eigenvalue weighted by atomic mass is 31.2. The van der Waals surface area contributed by atoms with Crippen LogP contribution >= 0.6 is 7.82 Å². The van der Waals surface area contributed by atoms with Gasteiger partial charge in [0.05, 0.1) is 39.9 Å². The van der Waals surface area contributed by atoms with E-state index in [9.17, 15) is 19.4 Å². The van der Waals surface area contributed by atoms with Crippen molar-refractivity contribution in [3.05, 3.63) is 146 Å². The highest BCUT2D eigenvalue weighted by Crippen LogP contribution is 2.38. The molecule has 0 aliphatic carbocycles. The van der Waals surface area contributed by atoms with Gasteiger partial charge in [-0.25, -0.2) is 0 Å². The Kier molecular flexibility index (Phi) is 66.9. The van der Waals surface area contributed by atoms with E-state index < -0.39 is 26.6 Å². The molecule has 0 saturated carbocycles. The standard InChI is InChI=1S/C81H141N2O6P/c1-6-8-10-12-14-16-18-20-22-24-26-28-30-32-34-36-38-39-40-41-42-43-45-47-49-51-53-55-57-59-61-63-65-67-69-71-73-75-81(85)82-79(78-89-90(86,87)88-77-76-83(3,4)5)80(84)74-72-70-68-66-64-62-60-58-56-54-52-50-48-46-44-37-35-33-31-29-27-25-23-21-19-17-15-13-11-9-7-2/h8,10,14,16,20,22,26,28,32,34,38-39,41-42,45,47,51,53,56,58,64,66,72,74,79-80,84H,6-7,9,11-13,15,17-19,21,23-25,27,29-31,33,35-37,40,43-44,46,48-50,52,54-55,57,59-63,65,67-71,73,75-78H2,1-5H3,(H-,82,85,86,87)/b10-8-,16-14-,22-20-,28-26-,34-32-,39-38-,42-41-,47-45-,53-51-,58-56+,66-64+,74-72+. The van der Waals surface area contributed by atoms with E-state index in [1.54, 1.807) is 6.08 Å². The second-order valence-electron chi connectivity index (χ2n) is 25.9. The smallest absolute Gasteiger partial charge is 0.268 e. The Morgan fingerprint density at radius 2 is 0.689 bits per heavy atom. The average Bonchev–Trinajstić information content (AvgIpc) is 3.18. The molecule has 8 nitrogen and oxygen atoms in total. The first-order valence-electron chi connectivity index (χ1n) is 37.2. The number of unbranched alkanes of at least 4 members (excludes halogenated alkanes) is 32. The molecule has 9 heteroatoms. The summed E-state index contributed by atoms with van der Waals surface area (Å²) in [5, 5.41) is 13.9. The van der Waals surface area contributed by atoms with Crippen molar-refractivity contribution in [3.8, 4) is 0 Å². The number of aliphatic hydroxyl groups excluding tert-OH is 1. The molecule has 0 radical (unpaired) electrons. The molecule has 2 N–H and O–H groups in total. The second kappa shape index (κ2) is 69.7. The van der Waals surface area contributed by atoms with Gasteiger partial charge < -0.3 is 28.8 Å². The molecular formula is C81H141N2O6P. The molecule has 0 aromatic carbocycles. The van der Waals surface area contributed by atoms with Gasteiger partial charge in [0.1, 0.15) is 13.2 Å². The Morgan fingerprint density at radius 3 is 1.03 bits per heavy atom. The summed E-state index contributed by atoms with van der Waals surface area (Å²) in [6, 6.07) is -0.926. The van der Waals surface area contributed by atoms with Gasteiger partial charge in [0, 0.05) is 6.42 Å². The van der Waals surface area contributed by atoms with Crippen LogP contribution in [0, 0.1) is 0 Å². The van der Waals surface area contributed by atoms with Gasteiger partial charge in [-0.2, -0.15) is 0 Å². The fourth-order valence-corrected chi connectivity index (χ4v) is 11.0. The Hall–Kier alpha value is -3.62. The van der Waals surface area contributed by atoms with Crippen LogP contribution in [-0.4, -0.2) is 68.5 Å². The Bertz CT molecular complexity index is 1980. The number of carbonyl (C=O) groups excluding carboxylic acids is 1. The van der Waals surface area contributed by atoms with E-state index in [2.05, 4.69) is 153 Å². The maximum atomic E-state index is 13.1. The Balaban J connectivity index is 4.17. The molecule has 3 unspecified atom stereocenters. The minimum Gasteiger partial charge on any atom is -0.756 e. The monoisotopic (exact) mass is 1270 g/mol. The van der Waals surface area contributed by atoms with Crippen LogP contribution in [0.5, 0.6) is 0 Å². The number of nitrogens with zero attached hydrogens (tertiary/aromatic N) is 1. The van der Waals surface area contributed by atoms with Crippen LogP contribution in [0.25, 0.3) is 0 Å². The summed E-state index contributed by atoms with van der Waals surface area (Å²) in [6.07, 6.45) is 107. The molecule has 0 aliphatic heterocycles. The quantitative estimate of drug-likeness (QED) is 0.0272. The van der Waals surface area contributed by atoms with Crippen molar-refractivity contribution in [2.45, 2.75) is 321 Å². The summed E-state index contributed by atoms with van der Waals surface area (Å²) < 4.78 is 23.4. The first-order valence-corrected chi connectivity index (χ1v) is 38.7. The second-order valence-corrected chi connectivity index (χ2v) is 27.3. The highest BCUT2D eigenvalue weighted by Gasteiger charge is 2.23. The van der Waals surface area contributed by atoms with E-state index in [4.69, 9.17) is 9.05 Å². The molecule has 0 saturated heterocycles. The van der Waals surface area contributed by atoms with E-state index in [-0.39, 0.29) is 12.5 Å². The first kappa shape index (κ1) is 86.4. The topological polar surface area (TPSA) is 108 Å². The summed E-state index contributed by atoms with van der Waals surface area (Å²) in [6.45, 7) is 4.52. The number of rotatable bonds is 67. The molecule has 0 fully saturated rings. The van der Waals surface area contributed by atoms with Crippen molar-refractivity contribution in [1.29, 1.82) is 0 Å². The molecule has 0 heterocycles. The lowest BCUT2D eigenvalue weighted by atomic mass is 10.0. The minimum absolute atomic E-state index is 0.0172. The number of amides is 1. The third-order valence-electron chi connectivity index (χ3n) is 16.0. The molecule has 3 atom stereocenters. The molecule has 0 spiro atoms. The molecule has 0 aromatic heterocycles. The molecule has 516 valence electrons. The van der Waals surface area contributed by atoms with Gasteiger partial charge in [0.2, 0.25) is 5.91 Å². The molecule has 0 bridgehead atoms. The molecule has 1 amide bonds. The van der Waals surface area contributed by atoms with E-state index in [0.29, 0.717) is 17.4 Å². The molecule has 0 rings (SSSR count). The predicted octanol–water partition coefficient (Wildman–Crippen LogP) is 23.7. The van der Waals surface area contributed by atoms with Crippen molar-refractivity contribution in [2.75, 3.05) is 40.9 Å². The van der Waals surface area contributed by atoms with Crippen molar-refractivity contribution >= 4 is 13.7 Å². The number of hydrogen-bond acceptors (Lipinski definition) is 6. The first-order chi connectivity index (χ1) is 44.0. The fourth-order valence-electron chi connectivity index (χ4n) is 10.3. The van der Waals surface area contributed by atoms with Crippen LogP contribution in [0.1, 0.15) is 309 Å². The summed E-state index contributed by atoms with van der Waals surface area (Å²) in [5.74, 6) is -0.221. The zero-order chi connectivity index (χ0) is 65.5. The maximum Gasteiger partial charge on any atom is 0.268 e. The van der Waals surface area contributed by atoms with Gasteiger partial charge in [0.15, 0.2) is 0 Å². The van der Waals surface area contributed by atoms with Crippen molar-refractivity contribution in [3.63, 3.8) is 0 Å². The van der Waals surface area contributed by atoms with Crippen LogP contribution in [-0.2, 0) is 18.4 Å². The highest BCUT2D eigenvalue weighted by molar-refractivity contribution is 7.45. The van der Waals surface area contributed by atoms with Gasteiger partial charge in [-0.15, -0.1) is 0 Å². The SMILES string of the molecule is CC/C=C\C/C=C\C/C=C\C/C=C\C/C=C\C/C=C\C/C=C\C/C=C\C/C=C\CCCCCCCCCCCC(=O)NC(COP(=O)([O-])OCC[N+](C)(C)C)C(O)/C=C/CC/C=C/CC/C=C/CCCCCCCCCCCCCCCCCCCCCCC. The Labute approximate surface area is 557 Å². The summed E-state index contributed by atoms with van der Waals surface area (Å²) in [7, 11) is 1.22. The largest absolute Gasteiger partial charge is 0.756 e. The Morgan fingerprint density at radius 1 is 0.400 bits per heavy atom. The van der Waals surface area contributed by atoms with Crippen molar-refractivity contribution < 1.29 is 32.9 Å². The van der Waals surface area contributed by atoms with Gasteiger partial charge in [-0.3, -0.25) is 9.36 Å². The lowest BCUT2D eigenvalue weighted by Gasteiger charge is -2.29. The van der Waals surface area contributed by atoms with Crippen LogP contribution < -0.4 is 10.2 Å². The van der Waals surface area contributed by atoms with Crippen LogP contribution in [0.4, 0.5) is 0 Å². The lowest BCUT2D eigenvalue weighted by molar-refractivity contribution is -0.870. The normalized spacial score (nSPS) is 14.4. The molecule has 90 heavy (non-hydrogen) atoms. The van der Waals surface area contributed by atoms with E-state index in [1.807, 2.05) is 27.2 Å². The van der Waals surface area contributed by atoms with Crippen LogP contribution in [0.15, 0.2) is 146 Å². The van der Waals surface area contributed by atoms with E-state index in [0.717, 1.165) is 116 Å². The van der Waals surface area contributed by atoms with Crippen molar-refractivity contribution in [2.24, 2.45) is 0 Å². The number of hydrogen-bond donors (Lipinski definition) is 2. The van der Waals surface area contributed by atoms with Gasteiger partial charge in [-0.05, 0) is 116 Å². The number of phosphoric ester groups is 1. The van der Waals surface area contributed by atoms with E-state index in [1.165, 1.54) is 173 Å². The third-order valence-corrected chi connectivity index (χ3v) is 17.0.